The second-order valence-electron chi connectivity index (χ2n) is 6.19. The topological polar surface area (TPSA) is 20.2 Å². The highest BCUT2D eigenvalue weighted by Crippen LogP contribution is 2.28. The Morgan fingerprint density at radius 3 is 2.05 bits per heavy atom. The molecule has 0 radical (unpaired) electrons. The minimum atomic E-state index is 0.124. The van der Waals surface area contributed by atoms with E-state index in [9.17, 15) is 0 Å². The first-order valence-electron chi connectivity index (χ1n) is 7.86. The molecule has 0 fully saturated rings. The Morgan fingerprint density at radius 1 is 0.857 bits per heavy atom. The molecular formula is C20H26O. The van der Waals surface area contributed by atoms with Gasteiger partial charge in [0.2, 0.25) is 0 Å². The van der Waals surface area contributed by atoms with Crippen molar-refractivity contribution in [3.63, 3.8) is 0 Å². The summed E-state index contributed by atoms with van der Waals surface area (Å²) in [6.07, 6.45) is 2.39. The third-order valence-electron chi connectivity index (χ3n) is 4.38. The molecule has 1 nitrogen and oxygen atoms in total. The summed E-state index contributed by atoms with van der Waals surface area (Å²) in [6, 6.07) is 17.2. The number of rotatable bonds is 6. The molecular weight excluding hydrogens is 256 g/mol. The van der Waals surface area contributed by atoms with Gasteiger partial charge in [-0.1, -0.05) is 67.9 Å². The van der Waals surface area contributed by atoms with Crippen LogP contribution in [0.1, 0.15) is 60.8 Å². The first kappa shape index (κ1) is 15.8. The van der Waals surface area contributed by atoms with Crippen molar-refractivity contribution >= 4 is 0 Å². The monoisotopic (exact) mass is 282 g/mol. The van der Waals surface area contributed by atoms with Crippen LogP contribution in [0.3, 0.4) is 0 Å². The Morgan fingerprint density at radius 2 is 1.48 bits per heavy atom. The van der Waals surface area contributed by atoms with Crippen LogP contribution in [0.15, 0.2) is 48.5 Å². The molecule has 1 heteroatoms. The number of aliphatic hydroxyl groups excluding tert-OH is 1. The number of hydrogen-bond acceptors (Lipinski definition) is 1. The lowest BCUT2D eigenvalue weighted by molar-refractivity contribution is 0.282. The normalized spacial score (nSPS) is 13.9. The molecule has 0 aromatic heterocycles. The summed E-state index contributed by atoms with van der Waals surface area (Å²) in [4.78, 5) is 0. The standard InChI is InChI=1S/C20H26O/c1-15-5-4-6-20(13-15)17(3)8-7-16(2)19-11-9-18(14-21)10-12-19/h4-6,9-13,16-17,21H,7-8,14H2,1-3H3. The van der Waals surface area contributed by atoms with Crippen molar-refractivity contribution in [1.82, 2.24) is 0 Å². The minimum absolute atomic E-state index is 0.124. The molecule has 0 heterocycles. The van der Waals surface area contributed by atoms with Gasteiger partial charge in [-0.05, 0) is 48.3 Å². The predicted octanol–water partition coefficient (Wildman–Crippen LogP) is 5.17. The van der Waals surface area contributed by atoms with Gasteiger partial charge in [-0.3, -0.25) is 0 Å². The van der Waals surface area contributed by atoms with E-state index in [1.54, 1.807) is 0 Å². The van der Waals surface area contributed by atoms with E-state index in [0.717, 1.165) is 5.56 Å². The summed E-state index contributed by atoms with van der Waals surface area (Å²) in [6.45, 7) is 6.88. The van der Waals surface area contributed by atoms with Crippen LogP contribution in [0, 0.1) is 6.92 Å². The highest BCUT2D eigenvalue weighted by Gasteiger charge is 2.10. The molecule has 0 saturated heterocycles. The molecule has 2 unspecified atom stereocenters. The predicted molar refractivity (Wildman–Crippen MR) is 89.6 cm³/mol. The summed E-state index contributed by atoms with van der Waals surface area (Å²) in [7, 11) is 0. The van der Waals surface area contributed by atoms with E-state index in [1.807, 2.05) is 12.1 Å². The van der Waals surface area contributed by atoms with Gasteiger partial charge in [-0.2, -0.15) is 0 Å². The lowest BCUT2D eigenvalue weighted by atomic mass is 9.88. The number of aliphatic hydroxyl groups is 1. The van der Waals surface area contributed by atoms with E-state index in [0.29, 0.717) is 11.8 Å². The maximum Gasteiger partial charge on any atom is 0.0681 e. The van der Waals surface area contributed by atoms with Crippen molar-refractivity contribution in [2.45, 2.75) is 52.1 Å². The van der Waals surface area contributed by atoms with Crippen molar-refractivity contribution in [3.05, 3.63) is 70.8 Å². The molecule has 21 heavy (non-hydrogen) atoms. The Bertz CT molecular complexity index is 556. The van der Waals surface area contributed by atoms with Gasteiger partial charge in [0.1, 0.15) is 0 Å². The zero-order valence-electron chi connectivity index (χ0n) is 13.3. The quantitative estimate of drug-likeness (QED) is 0.774. The Hall–Kier alpha value is -1.60. The van der Waals surface area contributed by atoms with Crippen LogP contribution >= 0.6 is 0 Å². The van der Waals surface area contributed by atoms with E-state index < -0.39 is 0 Å². The van der Waals surface area contributed by atoms with Crippen LogP contribution < -0.4 is 0 Å². The second kappa shape index (κ2) is 7.42. The maximum atomic E-state index is 9.09. The molecule has 0 aliphatic heterocycles. The fourth-order valence-corrected chi connectivity index (χ4v) is 2.76. The number of aryl methyl sites for hydroxylation is 1. The van der Waals surface area contributed by atoms with Gasteiger partial charge in [0.15, 0.2) is 0 Å². The molecule has 2 aromatic rings. The van der Waals surface area contributed by atoms with E-state index in [2.05, 4.69) is 57.2 Å². The molecule has 1 N–H and O–H groups in total. The third-order valence-corrected chi connectivity index (χ3v) is 4.38. The summed E-state index contributed by atoms with van der Waals surface area (Å²) in [5.74, 6) is 1.16. The minimum Gasteiger partial charge on any atom is -0.392 e. The van der Waals surface area contributed by atoms with Gasteiger partial charge in [0, 0.05) is 0 Å². The zero-order valence-corrected chi connectivity index (χ0v) is 13.3. The Balaban J connectivity index is 1.92. The van der Waals surface area contributed by atoms with Gasteiger partial charge in [0.25, 0.3) is 0 Å². The highest BCUT2D eigenvalue weighted by atomic mass is 16.3. The van der Waals surface area contributed by atoms with Crippen molar-refractivity contribution < 1.29 is 5.11 Å². The summed E-state index contributed by atoms with van der Waals surface area (Å²) in [5.41, 5.74) is 5.13. The van der Waals surface area contributed by atoms with E-state index in [4.69, 9.17) is 5.11 Å². The fraction of sp³-hybridized carbons (Fsp3) is 0.400. The summed E-state index contributed by atoms with van der Waals surface area (Å²) < 4.78 is 0. The fourth-order valence-electron chi connectivity index (χ4n) is 2.76. The maximum absolute atomic E-state index is 9.09. The molecule has 112 valence electrons. The largest absolute Gasteiger partial charge is 0.392 e. The van der Waals surface area contributed by atoms with Crippen LogP contribution in [-0.2, 0) is 6.61 Å². The Labute approximate surface area is 128 Å². The first-order chi connectivity index (χ1) is 10.1. The molecule has 0 amide bonds. The molecule has 2 atom stereocenters. The van der Waals surface area contributed by atoms with Crippen LogP contribution in [0.4, 0.5) is 0 Å². The third kappa shape index (κ3) is 4.44. The SMILES string of the molecule is Cc1cccc(C(C)CCC(C)c2ccc(CO)cc2)c1. The average molecular weight is 282 g/mol. The van der Waals surface area contributed by atoms with Crippen molar-refractivity contribution in [2.24, 2.45) is 0 Å². The van der Waals surface area contributed by atoms with Crippen LogP contribution in [-0.4, -0.2) is 5.11 Å². The van der Waals surface area contributed by atoms with E-state index in [-0.39, 0.29) is 6.61 Å². The number of benzene rings is 2. The first-order valence-corrected chi connectivity index (χ1v) is 7.86. The lowest BCUT2D eigenvalue weighted by Crippen LogP contribution is -1.99. The second-order valence-corrected chi connectivity index (χ2v) is 6.19. The van der Waals surface area contributed by atoms with E-state index >= 15 is 0 Å². The summed E-state index contributed by atoms with van der Waals surface area (Å²) >= 11 is 0. The van der Waals surface area contributed by atoms with Gasteiger partial charge in [0.05, 0.1) is 6.61 Å². The van der Waals surface area contributed by atoms with Crippen molar-refractivity contribution in [3.8, 4) is 0 Å². The Kier molecular flexibility index (Phi) is 5.58. The van der Waals surface area contributed by atoms with Gasteiger partial charge in [-0.15, -0.1) is 0 Å². The van der Waals surface area contributed by atoms with Crippen LogP contribution in [0.5, 0.6) is 0 Å². The zero-order chi connectivity index (χ0) is 15.2. The molecule has 0 aliphatic rings. The van der Waals surface area contributed by atoms with Gasteiger partial charge >= 0.3 is 0 Å². The smallest absolute Gasteiger partial charge is 0.0681 e. The van der Waals surface area contributed by atoms with Crippen molar-refractivity contribution in [1.29, 1.82) is 0 Å². The summed E-state index contributed by atoms with van der Waals surface area (Å²) in [5, 5.41) is 9.09. The van der Waals surface area contributed by atoms with Gasteiger partial charge in [-0.25, -0.2) is 0 Å². The van der Waals surface area contributed by atoms with Crippen molar-refractivity contribution in [2.75, 3.05) is 0 Å². The van der Waals surface area contributed by atoms with Crippen LogP contribution in [0.2, 0.25) is 0 Å². The number of hydrogen-bond donors (Lipinski definition) is 1. The molecule has 2 rings (SSSR count). The van der Waals surface area contributed by atoms with Gasteiger partial charge < -0.3 is 5.11 Å². The molecule has 2 aromatic carbocycles. The van der Waals surface area contributed by atoms with E-state index in [1.165, 1.54) is 29.5 Å². The molecule has 0 bridgehead atoms. The average Bonchev–Trinajstić information content (AvgIpc) is 2.52. The lowest BCUT2D eigenvalue weighted by Gasteiger charge is -2.17. The molecule has 0 aliphatic carbocycles. The highest BCUT2D eigenvalue weighted by molar-refractivity contribution is 5.26. The molecule has 0 saturated carbocycles. The van der Waals surface area contributed by atoms with Crippen LogP contribution in [0.25, 0.3) is 0 Å². The molecule has 0 spiro atoms.